The molecule has 0 saturated carbocycles. The van der Waals surface area contributed by atoms with Crippen molar-refractivity contribution in [2.24, 2.45) is 5.92 Å². The zero-order chi connectivity index (χ0) is 13.8. The Morgan fingerprint density at radius 2 is 2.00 bits per heavy atom. The van der Waals surface area contributed by atoms with Gasteiger partial charge in [0.25, 0.3) is 0 Å². The number of hydrogen-bond donors (Lipinski definition) is 1. The molecule has 0 fully saturated rings. The molecule has 0 saturated heterocycles. The second-order valence-electron chi connectivity index (χ2n) is 6.34. The van der Waals surface area contributed by atoms with Crippen LogP contribution < -0.4 is 5.32 Å². The van der Waals surface area contributed by atoms with E-state index in [0.717, 1.165) is 18.8 Å². The third-order valence-corrected chi connectivity index (χ3v) is 3.46. The fourth-order valence-corrected chi connectivity index (χ4v) is 1.86. The van der Waals surface area contributed by atoms with E-state index in [1.807, 2.05) is 12.1 Å². The van der Waals surface area contributed by atoms with E-state index >= 15 is 0 Å². The Morgan fingerprint density at radius 1 is 1.33 bits per heavy atom. The standard InChI is InChI=1S/C15H28N2O/c1-12(10-16-15(3,4)5)13(2)17(6)11-14-8-7-9-18-14/h7-9,12-13,16H,10-11H2,1-6H3. The van der Waals surface area contributed by atoms with Gasteiger partial charge >= 0.3 is 0 Å². The summed E-state index contributed by atoms with van der Waals surface area (Å²) in [6.07, 6.45) is 1.73. The van der Waals surface area contributed by atoms with Gasteiger partial charge in [-0.1, -0.05) is 6.92 Å². The highest BCUT2D eigenvalue weighted by Gasteiger charge is 2.19. The van der Waals surface area contributed by atoms with E-state index in [1.54, 1.807) is 6.26 Å². The van der Waals surface area contributed by atoms with Crippen molar-refractivity contribution in [1.29, 1.82) is 0 Å². The summed E-state index contributed by atoms with van der Waals surface area (Å²) >= 11 is 0. The maximum Gasteiger partial charge on any atom is 0.117 e. The average Bonchev–Trinajstić information content (AvgIpc) is 2.76. The minimum absolute atomic E-state index is 0.188. The normalized spacial score (nSPS) is 15.9. The van der Waals surface area contributed by atoms with Crippen molar-refractivity contribution < 1.29 is 4.42 Å². The minimum Gasteiger partial charge on any atom is -0.468 e. The summed E-state index contributed by atoms with van der Waals surface area (Å²) in [6.45, 7) is 13.1. The van der Waals surface area contributed by atoms with Crippen LogP contribution in [0.25, 0.3) is 0 Å². The molecule has 0 radical (unpaired) electrons. The van der Waals surface area contributed by atoms with Crippen molar-refractivity contribution in [3.05, 3.63) is 24.2 Å². The maximum atomic E-state index is 5.39. The van der Waals surface area contributed by atoms with Gasteiger partial charge < -0.3 is 9.73 Å². The molecule has 1 rings (SSSR count). The molecule has 3 heteroatoms. The van der Waals surface area contributed by atoms with Crippen LogP contribution in [0.5, 0.6) is 0 Å². The predicted molar refractivity (Wildman–Crippen MR) is 76.6 cm³/mol. The summed E-state index contributed by atoms with van der Waals surface area (Å²) < 4.78 is 5.39. The van der Waals surface area contributed by atoms with Gasteiger partial charge in [-0.15, -0.1) is 0 Å². The molecule has 1 heterocycles. The van der Waals surface area contributed by atoms with Crippen LogP contribution in [0.1, 0.15) is 40.4 Å². The van der Waals surface area contributed by atoms with E-state index in [1.165, 1.54) is 0 Å². The Balaban J connectivity index is 2.40. The smallest absolute Gasteiger partial charge is 0.117 e. The minimum atomic E-state index is 0.188. The molecular weight excluding hydrogens is 224 g/mol. The van der Waals surface area contributed by atoms with Gasteiger partial charge in [-0.05, 0) is 59.3 Å². The molecule has 104 valence electrons. The topological polar surface area (TPSA) is 28.4 Å². The van der Waals surface area contributed by atoms with E-state index in [2.05, 4.69) is 51.9 Å². The van der Waals surface area contributed by atoms with Gasteiger partial charge in [-0.3, -0.25) is 4.90 Å². The number of furan rings is 1. The second kappa shape index (κ2) is 6.39. The molecule has 0 bridgehead atoms. The fraction of sp³-hybridized carbons (Fsp3) is 0.733. The highest BCUT2D eigenvalue weighted by molar-refractivity contribution is 4.98. The lowest BCUT2D eigenvalue weighted by Gasteiger charge is -2.31. The van der Waals surface area contributed by atoms with Gasteiger partial charge in [0.1, 0.15) is 5.76 Å². The van der Waals surface area contributed by atoms with Crippen LogP contribution in [0.4, 0.5) is 0 Å². The van der Waals surface area contributed by atoms with E-state index < -0.39 is 0 Å². The van der Waals surface area contributed by atoms with Gasteiger partial charge in [0, 0.05) is 11.6 Å². The third-order valence-electron chi connectivity index (χ3n) is 3.46. The van der Waals surface area contributed by atoms with E-state index in [4.69, 9.17) is 4.42 Å². The summed E-state index contributed by atoms with van der Waals surface area (Å²) in [5.41, 5.74) is 0.188. The zero-order valence-corrected chi connectivity index (χ0v) is 12.7. The number of hydrogen-bond acceptors (Lipinski definition) is 3. The first-order chi connectivity index (χ1) is 8.29. The maximum absolute atomic E-state index is 5.39. The average molecular weight is 252 g/mol. The van der Waals surface area contributed by atoms with Gasteiger partial charge in [0.2, 0.25) is 0 Å². The van der Waals surface area contributed by atoms with Crippen molar-refractivity contribution in [1.82, 2.24) is 10.2 Å². The van der Waals surface area contributed by atoms with Gasteiger partial charge in [-0.25, -0.2) is 0 Å². The Labute approximate surface area is 112 Å². The molecule has 0 amide bonds. The Bertz CT molecular complexity index is 327. The zero-order valence-electron chi connectivity index (χ0n) is 12.7. The van der Waals surface area contributed by atoms with E-state index in [9.17, 15) is 0 Å². The van der Waals surface area contributed by atoms with Crippen molar-refractivity contribution in [3.8, 4) is 0 Å². The lowest BCUT2D eigenvalue weighted by molar-refractivity contribution is 0.171. The highest BCUT2D eigenvalue weighted by Crippen LogP contribution is 2.13. The first-order valence-corrected chi connectivity index (χ1v) is 6.77. The van der Waals surface area contributed by atoms with Crippen molar-refractivity contribution in [3.63, 3.8) is 0 Å². The largest absolute Gasteiger partial charge is 0.468 e. The van der Waals surface area contributed by atoms with Crippen molar-refractivity contribution in [2.45, 2.75) is 52.7 Å². The molecule has 1 N–H and O–H groups in total. The van der Waals surface area contributed by atoms with Crippen LogP contribution in [-0.2, 0) is 6.54 Å². The molecule has 18 heavy (non-hydrogen) atoms. The van der Waals surface area contributed by atoms with Crippen LogP contribution in [0.15, 0.2) is 22.8 Å². The predicted octanol–water partition coefficient (Wildman–Crippen LogP) is 3.12. The Kier molecular flexibility index (Phi) is 5.42. The van der Waals surface area contributed by atoms with Crippen LogP contribution in [0, 0.1) is 5.92 Å². The lowest BCUT2D eigenvalue weighted by Crippen LogP contribution is -2.44. The molecule has 1 aromatic rings. The summed E-state index contributed by atoms with van der Waals surface area (Å²) in [5, 5.41) is 3.57. The molecule has 1 aromatic heterocycles. The van der Waals surface area contributed by atoms with Crippen molar-refractivity contribution in [2.75, 3.05) is 13.6 Å². The third kappa shape index (κ3) is 5.23. The molecule has 2 unspecified atom stereocenters. The van der Waals surface area contributed by atoms with E-state index in [-0.39, 0.29) is 5.54 Å². The quantitative estimate of drug-likeness (QED) is 0.843. The van der Waals surface area contributed by atoms with Crippen LogP contribution >= 0.6 is 0 Å². The molecule has 3 nitrogen and oxygen atoms in total. The van der Waals surface area contributed by atoms with Gasteiger partial charge in [0.05, 0.1) is 12.8 Å². The second-order valence-corrected chi connectivity index (χ2v) is 6.34. The molecule has 2 atom stereocenters. The SMILES string of the molecule is CC(CNC(C)(C)C)C(C)N(C)Cc1ccco1. The van der Waals surface area contributed by atoms with Crippen LogP contribution in [0.3, 0.4) is 0 Å². The number of nitrogens with zero attached hydrogens (tertiary/aromatic N) is 1. The van der Waals surface area contributed by atoms with Gasteiger partial charge in [-0.2, -0.15) is 0 Å². The molecule has 0 aliphatic heterocycles. The summed E-state index contributed by atoms with van der Waals surface area (Å²) in [5.74, 6) is 1.63. The summed E-state index contributed by atoms with van der Waals surface area (Å²) in [6, 6.07) is 4.49. The number of rotatable bonds is 6. The molecule has 0 aromatic carbocycles. The Morgan fingerprint density at radius 3 is 2.50 bits per heavy atom. The first kappa shape index (κ1) is 15.3. The fourth-order valence-electron chi connectivity index (χ4n) is 1.86. The van der Waals surface area contributed by atoms with Gasteiger partial charge in [0.15, 0.2) is 0 Å². The van der Waals surface area contributed by atoms with Crippen LogP contribution in [-0.4, -0.2) is 30.1 Å². The Hall–Kier alpha value is -0.800. The highest BCUT2D eigenvalue weighted by atomic mass is 16.3. The summed E-state index contributed by atoms with van der Waals surface area (Å²) in [7, 11) is 2.15. The molecule has 0 aliphatic carbocycles. The lowest BCUT2D eigenvalue weighted by atomic mass is 10.00. The van der Waals surface area contributed by atoms with E-state index in [0.29, 0.717) is 12.0 Å². The first-order valence-electron chi connectivity index (χ1n) is 6.77. The molecule has 0 aliphatic rings. The molecular formula is C15H28N2O. The van der Waals surface area contributed by atoms with Crippen LogP contribution in [0.2, 0.25) is 0 Å². The monoisotopic (exact) mass is 252 g/mol. The molecule has 0 spiro atoms. The van der Waals surface area contributed by atoms with Crippen molar-refractivity contribution >= 4 is 0 Å². The summed E-state index contributed by atoms with van der Waals surface area (Å²) in [4.78, 5) is 2.34. The number of nitrogens with one attached hydrogen (secondary N) is 1.